The normalized spacial score (nSPS) is 15.9. The molecule has 4 rings (SSSR count). The second-order valence-corrected chi connectivity index (χ2v) is 9.85. The van der Waals surface area contributed by atoms with Crippen LogP contribution in [0.15, 0.2) is 35.6 Å². The summed E-state index contributed by atoms with van der Waals surface area (Å²) < 4.78 is 27.1. The fourth-order valence-electron chi connectivity index (χ4n) is 3.46. The molecule has 0 unspecified atom stereocenters. The first-order valence-electron chi connectivity index (χ1n) is 9.13. The van der Waals surface area contributed by atoms with E-state index >= 15 is 0 Å². The molecule has 154 valence electrons. The molecule has 0 saturated carbocycles. The molecule has 3 heterocycles. The van der Waals surface area contributed by atoms with Gasteiger partial charge in [-0.15, -0.1) is 0 Å². The Balaban J connectivity index is 1.39. The highest BCUT2D eigenvalue weighted by Crippen LogP contribution is 2.26. The lowest BCUT2D eigenvalue weighted by Crippen LogP contribution is -2.48. The first-order chi connectivity index (χ1) is 13.8. The van der Waals surface area contributed by atoms with Gasteiger partial charge in [0.05, 0.1) is 27.3 Å². The first kappa shape index (κ1) is 20.3. The van der Waals surface area contributed by atoms with Crippen molar-refractivity contribution in [2.24, 2.45) is 7.05 Å². The second-order valence-electron chi connectivity index (χ2n) is 6.93. The van der Waals surface area contributed by atoms with Crippen molar-refractivity contribution < 1.29 is 8.42 Å². The maximum absolute atomic E-state index is 12.7. The van der Waals surface area contributed by atoms with Gasteiger partial charge in [-0.1, -0.05) is 23.2 Å². The van der Waals surface area contributed by atoms with Crippen LogP contribution in [0, 0.1) is 0 Å². The van der Waals surface area contributed by atoms with Crippen molar-refractivity contribution in [3.05, 3.63) is 40.8 Å². The molecule has 1 saturated heterocycles. The molecule has 1 aliphatic heterocycles. The largest absolute Gasteiger partial charge is 0.353 e. The first-order valence-corrected chi connectivity index (χ1v) is 11.5. The Morgan fingerprint density at radius 1 is 1.10 bits per heavy atom. The van der Waals surface area contributed by atoms with Crippen LogP contribution in [0.1, 0.15) is 0 Å². The summed E-state index contributed by atoms with van der Waals surface area (Å²) in [6, 6.07) is 4.50. The van der Waals surface area contributed by atoms with E-state index in [0.717, 1.165) is 43.0 Å². The fraction of sp³-hybridized carbons (Fsp3) is 0.389. The number of halogens is 2. The van der Waals surface area contributed by atoms with Crippen LogP contribution < -0.4 is 4.90 Å². The second kappa shape index (κ2) is 8.06. The lowest BCUT2D eigenvalue weighted by atomic mass is 10.3. The van der Waals surface area contributed by atoms with Gasteiger partial charge in [-0.25, -0.2) is 18.4 Å². The van der Waals surface area contributed by atoms with Crippen LogP contribution in [0.3, 0.4) is 0 Å². The topological polar surface area (TPSA) is 84.2 Å². The number of benzene rings is 1. The zero-order valence-corrected chi connectivity index (χ0v) is 18.1. The number of hydrogen-bond donors (Lipinski definition) is 0. The SMILES string of the molecule is Cn1ncc2c(N3CCN(CCS(=O)(=O)c4cc(Cl)ccc4Cl)CC3)ncnc21. The fourth-order valence-corrected chi connectivity index (χ4v) is 5.56. The number of nitrogens with zero attached hydrogens (tertiary/aromatic N) is 6. The highest BCUT2D eigenvalue weighted by molar-refractivity contribution is 7.91. The third-order valence-corrected chi connectivity index (χ3v) is 7.49. The summed E-state index contributed by atoms with van der Waals surface area (Å²) in [5, 5.41) is 5.73. The zero-order chi connectivity index (χ0) is 20.6. The van der Waals surface area contributed by atoms with E-state index in [-0.39, 0.29) is 15.7 Å². The molecule has 3 aromatic rings. The molecule has 11 heteroatoms. The summed E-state index contributed by atoms with van der Waals surface area (Å²) in [7, 11) is -1.66. The summed E-state index contributed by atoms with van der Waals surface area (Å²) in [6.45, 7) is 3.41. The van der Waals surface area contributed by atoms with Gasteiger partial charge in [0.1, 0.15) is 12.1 Å². The van der Waals surface area contributed by atoms with E-state index in [1.807, 2.05) is 7.05 Å². The quantitative estimate of drug-likeness (QED) is 0.584. The average Bonchev–Trinajstić information content (AvgIpc) is 3.10. The van der Waals surface area contributed by atoms with Crippen LogP contribution in [0.4, 0.5) is 5.82 Å². The number of anilines is 1. The van der Waals surface area contributed by atoms with Crippen LogP contribution in [0.25, 0.3) is 11.0 Å². The number of hydrogen-bond acceptors (Lipinski definition) is 7. The minimum Gasteiger partial charge on any atom is -0.353 e. The van der Waals surface area contributed by atoms with Gasteiger partial charge >= 0.3 is 0 Å². The van der Waals surface area contributed by atoms with Crippen molar-refractivity contribution in [3.63, 3.8) is 0 Å². The van der Waals surface area contributed by atoms with Crippen molar-refractivity contribution in [1.29, 1.82) is 0 Å². The number of piperazine rings is 1. The molecule has 0 N–H and O–H groups in total. The minimum atomic E-state index is -3.51. The van der Waals surface area contributed by atoms with E-state index in [1.165, 1.54) is 12.1 Å². The molecule has 0 atom stereocenters. The Morgan fingerprint density at radius 3 is 2.62 bits per heavy atom. The van der Waals surface area contributed by atoms with E-state index < -0.39 is 9.84 Å². The Bertz CT molecular complexity index is 1140. The van der Waals surface area contributed by atoms with Gasteiger partial charge in [0.25, 0.3) is 0 Å². The Morgan fingerprint density at radius 2 is 1.86 bits per heavy atom. The van der Waals surface area contributed by atoms with Gasteiger partial charge in [-0.2, -0.15) is 5.10 Å². The molecule has 1 fully saturated rings. The maximum Gasteiger partial charge on any atom is 0.181 e. The maximum atomic E-state index is 12.7. The highest BCUT2D eigenvalue weighted by Gasteiger charge is 2.24. The van der Waals surface area contributed by atoms with E-state index in [0.29, 0.717) is 11.6 Å². The van der Waals surface area contributed by atoms with Gasteiger partial charge < -0.3 is 4.90 Å². The smallest absolute Gasteiger partial charge is 0.181 e. The standard InChI is InChI=1S/C18H20Cl2N6O2S/c1-24-17-14(11-23-24)18(22-12-21-17)26-6-4-25(5-7-26)8-9-29(27,28)16-10-13(19)2-3-15(16)20/h2-3,10-12H,4-9H2,1H3. The summed E-state index contributed by atoms with van der Waals surface area (Å²) in [5.41, 5.74) is 0.793. The van der Waals surface area contributed by atoms with Gasteiger partial charge in [0.15, 0.2) is 15.5 Å². The van der Waals surface area contributed by atoms with E-state index in [1.54, 1.807) is 23.3 Å². The van der Waals surface area contributed by atoms with Crippen molar-refractivity contribution in [1.82, 2.24) is 24.6 Å². The van der Waals surface area contributed by atoms with Gasteiger partial charge in [-0.05, 0) is 18.2 Å². The molecule has 1 aliphatic rings. The van der Waals surface area contributed by atoms with Crippen LogP contribution in [0.5, 0.6) is 0 Å². The summed E-state index contributed by atoms with van der Waals surface area (Å²) in [6.07, 6.45) is 3.32. The number of aryl methyl sites for hydroxylation is 1. The van der Waals surface area contributed by atoms with Crippen LogP contribution in [-0.2, 0) is 16.9 Å². The van der Waals surface area contributed by atoms with Crippen molar-refractivity contribution in [3.8, 4) is 0 Å². The molecule has 1 aromatic carbocycles. The summed E-state index contributed by atoms with van der Waals surface area (Å²) in [5.74, 6) is 0.856. The molecule has 0 amide bonds. The molecule has 0 bridgehead atoms. The van der Waals surface area contributed by atoms with Crippen LogP contribution in [0.2, 0.25) is 10.0 Å². The van der Waals surface area contributed by atoms with Crippen molar-refractivity contribution in [2.75, 3.05) is 43.4 Å². The third kappa shape index (κ3) is 4.18. The number of rotatable bonds is 5. The van der Waals surface area contributed by atoms with E-state index in [2.05, 4.69) is 24.9 Å². The predicted octanol–water partition coefficient (Wildman–Crippen LogP) is 2.27. The average molecular weight is 455 g/mol. The molecule has 0 spiro atoms. The lowest BCUT2D eigenvalue weighted by Gasteiger charge is -2.35. The number of aromatic nitrogens is 4. The molecular weight excluding hydrogens is 435 g/mol. The lowest BCUT2D eigenvalue weighted by molar-refractivity contribution is 0.271. The number of fused-ring (bicyclic) bond motifs is 1. The van der Waals surface area contributed by atoms with E-state index in [4.69, 9.17) is 23.2 Å². The molecule has 2 aromatic heterocycles. The summed E-state index contributed by atoms with van der Waals surface area (Å²) >= 11 is 12.0. The molecule has 8 nitrogen and oxygen atoms in total. The van der Waals surface area contributed by atoms with E-state index in [9.17, 15) is 8.42 Å². The monoisotopic (exact) mass is 454 g/mol. The van der Waals surface area contributed by atoms with Crippen LogP contribution >= 0.6 is 23.2 Å². The molecule has 29 heavy (non-hydrogen) atoms. The molecular formula is C18H20Cl2N6O2S. The molecule has 0 radical (unpaired) electrons. The zero-order valence-electron chi connectivity index (χ0n) is 15.8. The Hall–Kier alpha value is -1.94. The van der Waals surface area contributed by atoms with Gasteiger partial charge in [0.2, 0.25) is 0 Å². The van der Waals surface area contributed by atoms with Gasteiger partial charge in [0, 0.05) is 44.8 Å². The predicted molar refractivity (Wildman–Crippen MR) is 113 cm³/mol. The number of sulfone groups is 1. The van der Waals surface area contributed by atoms with Crippen molar-refractivity contribution >= 4 is 49.9 Å². The van der Waals surface area contributed by atoms with Gasteiger partial charge in [-0.3, -0.25) is 9.58 Å². The van der Waals surface area contributed by atoms with Crippen LogP contribution in [-0.4, -0.2) is 71.5 Å². The minimum absolute atomic E-state index is 0.00653. The van der Waals surface area contributed by atoms with Crippen molar-refractivity contribution in [2.45, 2.75) is 4.90 Å². The Kier molecular flexibility index (Phi) is 5.65. The third-order valence-electron chi connectivity index (χ3n) is 5.08. The highest BCUT2D eigenvalue weighted by atomic mass is 35.5. The molecule has 0 aliphatic carbocycles. The Labute approximate surface area is 179 Å². The summed E-state index contributed by atoms with van der Waals surface area (Å²) in [4.78, 5) is 13.1.